The molecule has 1 heterocycles. The SMILES string of the molecule is Cc1ccccc1NC(=O)c1cnc(Nc2ccccc2Cl)nc1NCCCNC(=S)NCCC(=O)O. The number of rotatable bonds is 12. The summed E-state index contributed by atoms with van der Waals surface area (Å²) in [5, 5.41) is 24.6. The highest BCUT2D eigenvalue weighted by atomic mass is 35.5. The van der Waals surface area contributed by atoms with E-state index in [1.54, 1.807) is 12.1 Å². The molecule has 0 bridgehead atoms. The van der Waals surface area contributed by atoms with Gasteiger partial charge >= 0.3 is 5.97 Å². The van der Waals surface area contributed by atoms with E-state index in [0.29, 0.717) is 46.8 Å². The fourth-order valence-electron chi connectivity index (χ4n) is 3.17. The van der Waals surface area contributed by atoms with Crippen LogP contribution in [0.5, 0.6) is 0 Å². The summed E-state index contributed by atoms with van der Waals surface area (Å²) in [6.07, 6.45) is 2.09. The highest BCUT2D eigenvalue weighted by molar-refractivity contribution is 7.80. The third kappa shape index (κ3) is 8.89. The quantitative estimate of drug-likeness (QED) is 0.146. The number of carbonyl (C=O) groups is 2. The second kappa shape index (κ2) is 14.0. The first-order valence-corrected chi connectivity index (χ1v) is 12.3. The summed E-state index contributed by atoms with van der Waals surface area (Å²) in [4.78, 5) is 32.5. The van der Waals surface area contributed by atoms with Crippen LogP contribution in [0.2, 0.25) is 5.02 Å². The second-order valence-corrected chi connectivity index (χ2v) is 8.75. The van der Waals surface area contributed by atoms with Gasteiger partial charge in [-0.3, -0.25) is 9.59 Å². The molecule has 194 valence electrons. The van der Waals surface area contributed by atoms with Crippen LogP contribution < -0.4 is 26.6 Å². The molecule has 0 aliphatic heterocycles. The lowest BCUT2D eigenvalue weighted by Gasteiger charge is -2.15. The Morgan fingerprint density at radius 2 is 1.70 bits per heavy atom. The summed E-state index contributed by atoms with van der Waals surface area (Å²) in [5.74, 6) is -0.596. The Balaban J connectivity index is 1.66. The van der Waals surface area contributed by atoms with Gasteiger partial charge in [-0.2, -0.15) is 4.98 Å². The zero-order valence-electron chi connectivity index (χ0n) is 20.2. The number of amides is 1. The molecule has 0 aliphatic carbocycles. The molecule has 3 aromatic rings. The summed E-state index contributed by atoms with van der Waals surface area (Å²) in [7, 11) is 0. The summed E-state index contributed by atoms with van der Waals surface area (Å²) in [5.41, 5.74) is 2.55. The van der Waals surface area contributed by atoms with E-state index in [4.69, 9.17) is 28.9 Å². The number of halogens is 1. The van der Waals surface area contributed by atoms with Crippen molar-refractivity contribution < 1.29 is 14.7 Å². The molecule has 0 aliphatic rings. The van der Waals surface area contributed by atoms with Crippen molar-refractivity contribution in [3.8, 4) is 0 Å². The molecule has 3 rings (SSSR count). The Morgan fingerprint density at radius 3 is 2.43 bits per heavy atom. The number of hydrogen-bond acceptors (Lipinski definition) is 7. The molecule has 0 unspecified atom stereocenters. The van der Waals surface area contributed by atoms with E-state index in [0.717, 1.165) is 5.56 Å². The monoisotopic (exact) mass is 541 g/mol. The van der Waals surface area contributed by atoms with E-state index in [2.05, 4.69) is 36.6 Å². The van der Waals surface area contributed by atoms with Crippen LogP contribution in [-0.2, 0) is 4.79 Å². The van der Waals surface area contributed by atoms with Crippen LogP contribution in [0.1, 0.15) is 28.8 Å². The molecule has 0 saturated heterocycles. The van der Waals surface area contributed by atoms with Gasteiger partial charge in [0.05, 0.1) is 17.1 Å². The average Bonchev–Trinajstić information content (AvgIpc) is 2.86. The molecule has 6 N–H and O–H groups in total. The molecule has 10 nitrogen and oxygen atoms in total. The van der Waals surface area contributed by atoms with Crippen molar-refractivity contribution in [2.24, 2.45) is 0 Å². The molecular formula is C25H28ClN7O3S. The number of aryl methyl sites for hydroxylation is 1. The number of nitrogens with one attached hydrogen (secondary N) is 5. The van der Waals surface area contributed by atoms with Crippen LogP contribution in [0.25, 0.3) is 0 Å². The number of anilines is 4. The Kier molecular flexibility index (Phi) is 10.4. The topological polar surface area (TPSA) is 140 Å². The van der Waals surface area contributed by atoms with Crippen LogP contribution >= 0.6 is 23.8 Å². The first kappa shape index (κ1) is 27.6. The third-order valence-corrected chi connectivity index (χ3v) is 5.72. The van der Waals surface area contributed by atoms with Crippen molar-refractivity contribution in [2.75, 3.05) is 35.6 Å². The van der Waals surface area contributed by atoms with Crippen molar-refractivity contribution in [1.82, 2.24) is 20.6 Å². The average molecular weight is 542 g/mol. The van der Waals surface area contributed by atoms with Gasteiger partial charge in [0.2, 0.25) is 5.95 Å². The van der Waals surface area contributed by atoms with Crippen LogP contribution in [0.4, 0.5) is 23.1 Å². The third-order valence-electron chi connectivity index (χ3n) is 5.10. The number of aliphatic carboxylic acids is 1. The van der Waals surface area contributed by atoms with Crippen molar-refractivity contribution in [3.63, 3.8) is 0 Å². The van der Waals surface area contributed by atoms with E-state index >= 15 is 0 Å². The fraction of sp³-hybridized carbons (Fsp3) is 0.240. The predicted molar refractivity (Wildman–Crippen MR) is 150 cm³/mol. The molecular weight excluding hydrogens is 514 g/mol. The van der Waals surface area contributed by atoms with Crippen LogP contribution in [0.3, 0.4) is 0 Å². The number of carbonyl (C=O) groups excluding carboxylic acids is 1. The van der Waals surface area contributed by atoms with Crippen LogP contribution in [0.15, 0.2) is 54.7 Å². The minimum Gasteiger partial charge on any atom is -0.481 e. The maximum absolute atomic E-state index is 13.1. The number of carboxylic acids is 1. The van der Waals surface area contributed by atoms with Gasteiger partial charge in [0.15, 0.2) is 5.11 Å². The molecule has 0 saturated carbocycles. The van der Waals surface area contributed by atoms with E-state index in [1.807, 2.05) is 43.3 Å². The van der Waals surface area contributed by atoms with Gasteiger partial charge in [0.1, 0.15) is 11.4 Å². The van der Waals surface area contributed by atoms with Gasteiger partial charge in [0, 0.05) is 31.5 Å². The molecule has 1 amide bonds. The maximum atomic E-state index is 13.1. The number of para-hydroxylation sites is 2. The van der Waals surface area contributed by atoms with Gasteiger partial charge in [-0.05, 0) is 49.3 Å². The maximum Gasteiger partial charge on any atom is 0.305 e. The van der Waals surface area contributed by atoms with Crippen molar-refractivity contribution in [1.29, 1.82) is 0 Å². The van der Waals surface area contributed by atoms with E-state index in [-0.39, 0.29) is 30.4 Å². The Morgan fingerprint density at radius 1 is 1.00 bits per heavy atom. The van der Waals surface area contributed by atoms with E-state index in [1.165, 1.54) is 6.20 Å². The zero-order valence-corrected chi connectivity index (χ0v) is 21.7. The Bertz CT molecular complexity index is 1260. The molecule has 0 spiro atoms. The number of hydrogen-bond donors (Lipinski definition) is 6. The summed E-state index contributed by atoms with van der Waals surface area (Å²) in [6.45, 7) is 3.18. The van der Waals surface area contributed by atoms with Gasteiger partial charge in [-0.1, -0.05) is 41.9 Å². The molecule has 0 fully saturated rings. The molecule has 0 atom stereocenters. The minimum absolute atomic E-state index is 0.0189. The normalized spacial score (nSPS) is 10.3. The number of aromatic nitrogens is 2. The van der Waals surface area contributed by atoms with Crippen molar-refractivity contribution >= 4 is 63.9 Å². The van der Waals surface area contributed by atoms with Crippen molar-refractivity contribution in [2.45, 2.75) is 19.8 Å². The van der Waals surface area contributed by atoms with Crippen LogP contribution in [-0.4, -0.2) is 51.7 Å². The first-order valence-electron chi connectivity index (χ1n) is 11.6. The minimum atomic E-state index is -0.894. The molecule has 37 heavy (non-hydrogen) atoms. The second-order valence-electron chi connectivity index (χ2n) is 7.94. The summed E-state index contributed by atoms with van der Waals surface area (Å²) >= 11 is 11.4. The molecule has 1 aromatic heterocycles. The highest BCUT2D eigenvalue weighted by Gasteiger charge is 2.16. The van der Waals surface area contributed by atoms with Gasteiger partial charge in [-0.25, -0.2) is 4.98 Å². The number of thiocarbonyl (C=S) groups is 1. The lowest BCUT2D eigenvalue weighted by atomic mass is 10.2. The standard InChI is InChI=1S/C25H28ClN7O3S/c1-16-7-2-4-9-19(16)31-23(36)17-15-30-24(32-20-10-5-3-8-18(20)26)33-22(17)27-12-6-13-28-25(37)29-14-11-21(34)35/h2-5,7-10,15H,6,11-14H2,1H3,(H,31,36)(H,34,35)(H2,28,29,37)(H2,27,30,32,33). The zero-order chi connectivity index (χ0) is 26.6. The van der Waals surface area contributed by atoms with Crippen LogP contribution in [0, 0.1) is 6.92 Å². The number of benzene rings is 2. The summed E-state index contributed by atoms with van der Waals surface area (Å²) < 4.78 is 0. The lowest BCUT2D eigenvalue weighted by Crippen LogP contribution is -2.37. The molecule has 2 aromatic carbocycles. The van der Waals surface area contributed by atoms with Gasteiger partial charge in [0.25, 0.3) is 5.91 Å². The molecule has 12 heteroatoms. The first-order chi connectivity index (χ1) is 17.8. The van der Waals surface area contributed by atoms with Gasteiger partial charge in [-0.15, -0.1) is 0 Å². The molecule has 0 radical (unpaired) electrons. The fourth-order valence-corrected chi connectivity index (χ4v) is 3.56. The Hall–Kier alpha value is -3.96. The van der Waals surface area contributed by atoms with Gasteiger partial charge < -0.3 is 31.7 Å². The number of carboxylic acid groups (broad SMARTS) is 1. The Labute approximate surface area is 225 Å². The largest absolute Gasteiger partial charge is 0.481 e. The predicted octanol–water partition coefficient (Wildman–Crippen LogP) is 4.18. The highest BCUT2D eigenvalue weighted by Crippen LogP contribution is 2.25. The van der Waals surface area contributed by atoms with E-state index in [9.17, 15) is 9.59 Å². The summed E-state index contributed by atoms with van der Waals surface area (Å²) in [6, 6.07) is 14.7. The lowest BCUT2D eigenvalue weighted by molar-refractivity contribution is -0.136. The number of nitrogens with zero attached hydrogens (tertiary/aromatic N) is 2. The van der Waals surface area contributed by atoms with E-state index < -0.39 is 5.97 Å². The van der Waals surface area contributed by atoms with Crippen molar-refractivity contribution in [3.05, 3.63) is 70.9 Å². The smallest absolute Gasteiger partial charge is 0.305 e.